The van der Waals surface area contributed by atoms with Crippen molar-refractivity contribution >= 4 is 21.4 Å². The van der Waals surface area contributed by atoms with E-state index in [0.717, 1.165) is 18.5 Å². The molecule has 1 aliphatic carbocycles. The summed E-state index contributed by atoms with van der Waals surface area (Å²) in [6.07, 6.45) is 6.12. The van der Waals surface area contributed by atoms with Gasteiger partial charge in [0, 0.05) is 6.04 Å². The van der Waals surface area contributed by atoms with Crippen molar-refractivity contribution in [3.8, 4) is 0 Å². The molecule has 0 spiro atoms. The van der Waals surface area contributed by atoms with E-state index in [0.29, 0.717) is 11.7 Å². The van der Waals surface area contributed by atoms with E-state index in [9.17, 15) is 8.42 Å². The Bertz CT molecular complexity index is 544. The fourth-order valence-corrected chi connectivity index (χ4v) is 2.35. The zero-order chi connectivity index (χ0) is 12.5. The summed E-state index contributed by atoms with van der Waals surface area (Å²) in [6.45, 7) is 0. The number of hydrogen-bond acceptors (Lipinski definition) is 4. The molecule has 6 heteroatoms. The lowest BCUT2D eigenvalue weighted by atomic mass is 10.2. The second-order valence-corrected chi connectivity index (χ2v) is 5.64. The van der Waals surface area contributed by atoms with Crippen molar-refractivity contribution in [1.82, 2.24) is 0 Å². The van der Waals surface area contributed by atoms with Gasteiger partial charge in [-0.05, 0) is 31.0 Å². The number of anilines is 2. The van der Waals surface area contributed by atoms with Crippen molar-refractivity contribution in [1.29, 1.82) is 0 Å². The Morgan fingerprint density at radius 2 is 1.88 bits per heavy atom. The maximum atomic E-state index is 11.1. The summed E-state index contributed by atoms with van der Waals surface area (Å²) in [7, 11) is -3.69. The van der Waals surface area contributed by atoms with Crippen LogP contribution in [-0.2, 0) is 10.0 Å². The minimum Gasteiger partial charge on any atom is -0.397 e. The Labute approximate surface area is 101 Å². The molecule has 0 amide bonds. The Morgan fingerprint density at radius 1 is 1.24 bits per heavy atom. The molecule has 0 aliphatic heterocycles. The highest BCUT2D eigenvalue weighted by Gasteiger charge is 2.13. The van der Waals surface area contributed by atoms with Gasteiger partial charge in [0.05, 0.1) is 16.3 Å². The molecule has 0 atom stereocenters. The smallest absolute Gasteiger partial charge is 0.238 e. The zero-order valence-electron chi connectivity index (χ0n) is 9.26. The number of primary sulfonamides is 1. The zero-order valence-corrected chi connectivity index (χ0v) is 10.1. The summed E-state index contributed by atoms with van der Waals surface area (Å²) in [4.78, 5) is 0.0325. The number of hydrogen-bond donors (Lipinski definition) is 3. The van der Waals surface area contributed by atoms with E-state index in [2.05, 4.69) is 17.5 Å². The monoisotopic (exact) mass is 253 g/mol. The van der Waals surface area contributed by atoms with Crippen LogP contribution in [-0.4, -0.2) is 14.5 Å². The fourth-order valence-electron chi connectivity index (χ4n) is 1.80. The van der Waals surface area contributed by atoms with Crippen molar-refractivity contribution in [3.63, 3.8) is 0 Å². The predicted molar refractivity (Wildman–Crippen MR) is 68.0 cm³/mol. The van der Waals surface area contributed by atoms with Gasteiger partial charge in [-0.1, -0.05) is 12.2 Å². The van der Waals surface area contributed by atoms with Crippen LogP contribution in [0.4, 0.5) is 11.4 Å². The molecule has 0 saturated carbocycles. The van der Waals surface area contributed by atoms with Crippen LogP contribution in [0.2, 0.25) is 0 Å². The molecular weight excluding hydrogens is 238 g/mol. The van der Waals surface area contributed by atoms with Gasteiger partial charge in [-0.3, -0.25) is 0 Å². The first kappa shape index (κ1) is 11.9. The topological polar surface area (TPSA) is 98.2 Å². The third kappa shape index (κ3) is 2.78. The molecule has 1 aromatic rings. The molecule has 0 bridgehead atoms. The van der Waals surface area contributed by atoms with Crippen molar-refractivity contribution in [3.05, 3.63) is 30.4 Å². The van der Waals surface area contributed by atoms with Gasteiger partial charge in [-0.25, -0.2) is 13.6 Å². The molecule has 2 rings (SSSR count). The molecule has 0 fully saturated rings. The van der Waals surface area contributed by atoms with E-state index < -0.39 is 10.0 Å². The van der Waals surface area contributed by atoms with Crippen molar-refractivity contribution < 1.29 is 8.42 Å². The second-order valence-electron chi connectivity index (χ2n) is 4.08. The number of nitrogens with two attached hydrogens (primary N) is 2. The molecule has 1 aromatic carbocycles. The first-order valence-electron chi connectivity index (χ1n) is 5.30. The van der Waals surface area contributed by atoms with Crippen LogP contribution in [0.25, 0.3) is 0 Å². The lowest BCUT2D eigenvalue weighted by Gasteiger charge is -2.15. The second kappa shape index (κ2) is 4.38. The number of benzene rings is 1. The van der Waals surface area contributed by atoms with Crippen LogP contribution >= 0.6 is 0 Å². The minimum absolute atomic E-state index is 0.0325. The molecule has 92 valence electrons. The highest BCUT2D eigenvalue weighted by Crippen LogP contribution is 2.25. The van der Waals surface area contributed by atoms with Crippen LogP contribution in [0.3, 0.4) is 0 Å². The number of nitrogens with one attached hydrogen (secondary N) is 1. The maximum absolute atomic E-state index is 11.1. The number of sulfonamides is 1. The minimum atomic E-state index is -3.69. The molecule has 5 nitrogen and oxygen atoms in total. The Kier molecular flexibility index (Phi) is 3.08. The fraction of sp³-hybridized carbons (Fsp3) is 0.273. The van der Waals surface area contributed by atoms with Crippen molar-refractivity contribution in [2.24, 2.45) is 5.14 Å². The van der Waals surface area contributed by atoms with E-state index in [-0.39, 0.29) is 4.90 Å². The van der Waals surface area contributed by atoms with E-state index in [4.69, 9.17) is 10.9 Å². The molecule has 0 aromatic heterocycles. The van der Waals surface area contributed by atoms with Gasteiger partial charge in [0.2, 0.25) is 10.0 Å². The number of nitrogen functional groups attached to an aromatic ring is 1. The average molecular weight is 253 g/mol. The first-order chi connectivity index (χ1) is 7.97. The van der Waals surface area contributed by atoms with Gasteiger partial charge in [-0.2, -0.15) is 0 Å². The third-order valence-corrected chi connectivity index (χ3v) is 3.63. The highest BCUT2D eigenvalue weighted by molar-refractivity contribution is 7.89. The third-order valence-electron chi connectivity index (χ3n) is 2.72. The molecule has 0 heterocycles. The predicted octanol–water partition coefficient (Wildman–Crippen LogP) is 1.05. The molecule has 0 radical (unpaired) electrons. The summed E-state index contributed by atoms with van der Waals surface area (Å²) in [5, 5.41) is 8.29. The van der Waals surface area contributed by atoms with E-state index >= 15 is 0 Å². The summed E-state index contributed by atoms with van der Waals surface area (Å²) in [5.41, 5.74) is 6.93. The van der Waals surface area contributed by atoms with Gasteiger partial charge in [-0.15, -0.1) is 0 Å². The Balaban J connectivity index is 2.20. The molecular formula is C11H15N3O2S. The number of rotatable bonds is 3. The van der Waals surface area contributed by atoms with Gasteiger partial charge >= 0.3 is 0 Å². The molecule has 17 heavy (non-hydrogen) atoms. The van der Waals surface area contributed by atoms with Crippen LogP contribution in [0, 0.1) is 0 Å². The standard InChI is InChI=1S/C11H15N3O2S/c12-10-7-9(17(13,15)16)5-6-11(10)14-8-3-1-2-4-8/h1-2,5-8,14H,3-4,12H2,(H2,13,15,16). The maximum Gasteiger partial charge on any atom is 0.238 e. The van der Waals surface area contributed by atoms with Gasteiger partial charge in [0.1, 0.15) is 0 Å². The van der Waals surface area contributed by atoms with E-state index in [1.807, 2.05) is 0 Å². The summed E-state index contributed by atoms with van der Waals surface area (Å²) in [5.74, 6) is 0. The summed E-state index contributed by atoms with van der Waals surface area (Å²) < 4.78 is 22.3. The van der Waals surface area contributed by atoms with Crippen LogP contribution in [0.5, 0.6) is 0 Å². The molecule has 0 unspecified atom stereocenters. The lowest BCUT2D eigenvalue weighted by Crippen LogP contribution is -2.17. The highest BCUT2D eigenvalue weighted by atomic mass is 32.2. The van der Waals surface area contributed by atoms with Gasteiger partial charge in [0.15, 0.2) is 0 Å². The van der Waals surface area contributed by atoms with Gasteiger partial charge in [0.25, 0.3) is 0 Å². The normalized spacial score (nSPS) is 16.3. The molecule has 0 saturated heterocycles. The largest absolute Gasteiger partial charge is 0.397 e. The van der Waals surface area contributed by atoms with Crippen molar-refractivity contribution in [2.45, 2.75) is 23.8 Å². The Hall–Kier alpha value is -1.53. The SMILES string of the molecule is Nc1cc(S(N)(=O)=O)ccc1NC1CC=CC1. The van der Waals surface area contributed by atoms with Crippen LogP contribution in [0.15, 0.2) is 35.2 Å². The molecule has 1 aliphatic rings. The van der Waals surface area contributed by atoms with Gasteiger partial charge < -0.3 is 11.1 Å². The summed E-state index contributed by atoms with van der Waals surface area (Å²) in [6, 6.07) is 4.81. The molecule has 5 N–H and O–H groups in total. The average Bonchev–Trinajstić information content (AvgIpc) is 2.72. The Morgan fingerprint density at radius 3 is 2.41 bits per heavy atom. The summed E-state index contributed by atoms with van der Waals surface area (Å²) >= 11 is 0. The van der Waals surface area contributed by atoms with E-state index in [1.54, 1.807) is 6.07 Å². The quantitative estimate of drug-likeness (QED) is 0.554. The lowest BCUT2D eigenvalue weighted by molar-refractivity contribution is 0.598. The van der Waals surface area contributed by atoms with Crippen molar-refractivity contribution in [2.75, 3.05) is 11.1 Å². The first-order valence-corrected chi connectivity index (χ1v) is 6.85. The van der Waals surface area contributed by atoms with E-state index in [1.165, 1.54) is 12.1 Å². The van der Waals surface area contributed by atoms with Crippen LogP contribution < -0.4 is 16.2 Å². The van der Waals surface area contributed by atoms with Crippen LogP contribution in [0.1, 0.15) is 12.8 Å².